The van der Waals surface area contributed by atoms with Crippen molar-refractivity contribution in [2.24, 2.45) is 0 Å². The lowest BCUT2D eigenvalue weighted by atomic mass is 9.86. The molecule has 0 bridgehead atoms. The number of carbonyl (C=O) groups excluding carboxylic acids is 2. The van der Waals surface area contributed by atoms with Gasteiger partial charge in [-0.3, -0.25) is 19.6 Å². The Bertz CT molecular complexity index is 685. The molecule has 0 aliphatic carbocycles. The van der Waals surface area contributed by atoms with Crippen molar-refractivity contribution >= 4 is 11.8 Å². The summed E-state index contributed by atoms with van der Waals surface area (Å²) in [6, 6.07) is 0. The SMILES string of the molecule is C=CCN1CC[C@]2(CCC1=O)CN(C(=O)c1cn[nH]c1CC)CCN2C. The van der Waals surface area contributed by atoms with E-state index in [1.54, 1.807) is 12.3 Å². The average molecular weight is 359 g/mol. The van der Waals surface area contributed by atoms with Gasteiger partial charge in [0.15, 0.2) is 0 Å². The van der Waals surface area contributed by atoms with Crippen molar-refractivity contribution in [1.29, 1.82) is 0 Å². The predicted molar refractivity (Wildman–Crippen MR) is 99.9 cm³/mol. The van der Waals surface area contributed by atoms with E-state index in [9.17, 15) is 9.59 Å². The van der Waals surface area contributed by atoms with Crippen molar-refractivity contribution < 1.29 is 9.59 Å². The van der Waals surface area contributed by atoms with Crippen LogP contribution in [0.25, 0.3) is 0 Å². The molecule has 0 radical (unpaired) electrons. The molecule has 2 fully saturated rings. The van der Waals surface area contributed by atoms with Gasteiger partial charge in [0.25, 0.3) is 5.91 Å². The number of hydrogen-bond acceptors (Lipinski definition) is 4. The number of aromatic amines is 1. The number of likely N-dealkylation sites (tertiary alicyclic amines) is 1. The van der Waals surface area contributed by atoms with Gasteiger partial charge in [-0.15, -0.1) is 6.58 Å². The molecule has 0 saturated carbocycles. The van der Waals surface area contributed by atoms with Gasteiger partial charge in [-0.05, 0) is 26.3 Å². The lowest BCUT2D eigenvalue weighted by molar-refractivity contribution is -0.130. The highest BCUT2D eigenvalue weighted by atomic mass is 16.2. The number of piperazine rings is 1. The number of H-pyrrole nitrogens is 1. The quantitative estimate of drug-likeness (QED) is 0.823. The Balaban J connectivity index is 1.78. The Labute approximate surface area is 155 Å². The van der Waals surface area contributed by atoms with Crippen LogP contribution in [-0.4, -0.2) is 82.0 Å². The van der Waals surface area contributed by atoms with Crippen LogP contribution in [-0.2, 0) is 11.2 Å². The maximum Gasteiger partial charge on any atom is 0.257 e. The lowest BCUT2D eigenvalue weighted by Crippen LogP contribution is -2.62. The zero-order valence-electron chi connectivity index (χ0n) is 15.8. The molecular weight excluding hydrogens is 330 g/mol. The molecule has 1 N–H and O–H groups in total. The van der Waals surface area contributed by atoms with E-state index in [1.165, 1.54) is 0 Å². The van der Waals surface area contributed by atoms with Gasteiger partial charge in [0.05, 0.1) is 11.8 Å². The summed E-state index contributed by atoms with van der Waals surface area (Å²) in [6.45, 7) is 9.26. The molecule has 3 rings (SSSR count). The van der Waals surface area contributed by atoms with E-state index >= 15 is 0 Å². The first-order valence-corrected chi connectivity index (χ1v) is 9.42. The van der Waals surface area contributed by atoms with E-state index < -0.39 is 0 Å². The highest BCUT2D eigenvalue weighted by molar-refractivity contribution is 5.95. The highest BCUT2D eigenvalue weighted by Crippen LogP contribution is 2.32. The van der Waals surface area contributed by atoms with E-state index in [1.807, 2.05) is 16.7 Å². The minimum absolute atomic E-state index is 0.0431. The van der Waals surface area contributed by atoms with Crippen molar-refractivity contribution in [3.8, 4) is 0 Å². The molecule has 1 aromatic heterocycles. The Morgan fingerprint density at radius 3 is 2.92 bits per heavy atom. The summed E-state index contributed by atoms with van der Waals surface area (Å²) in [7, 11) is 2.12. The molecule has 1 spiro atoms. The minimum Gasteiger partial charge on any atom is -0.339 e. The number of aryl methyl sites for hydroxylation is 1. The second kappa shape index (κ2) is 7.61. The van der Waals surface area contributed by atoms with Crippen LogP contribution in [0.15, 0.2) is 18.9 Å². The van der Waals surface area contributed by atoms with Crippen LogP contribution in [0.4, 0.5) is 0 Å². The van der Waals surface area contributed by atoms with Gasteiger partial charge in [0.2, 0.25) is 5.91 Å². The number of rotatable bonds is 4. The summed E-state index contributed by atoms with van der Waals surface area (Å²) in [5.74, 6) is 0.225. The Morgan fingerprint density at radius 2 is 2.19 bits per heavy atom. The number of amides is 2. The van der Waals surface area contributed by atoms with E-state index in [-0.39, 0.29) is 17.4 Å². The van der Waals surface area contributed by atoms with Gasteiger partial charge in [-0.2, -0.15) is 5.10 Å². The van der Waals surface area contributed by atoms with Crippen molar-refractivity contribution in [1.82, 2.24) is 24.9 Å². The maximum atomic E-state index is 13.0. The second-order valence-electron chi connectivity index (χ2n) is 7.37. The fourth-order valence-electron chi connectivity index (χ4n) is 4.15. The first-order chi connectivity index (χ1) is 12.5. The van der Waals surface area contributed by atoms with Crippen LogP contribution in [0, 0.1) is 0 Å². The molecule has 1 atom stereocenters. The van der Waals surface area contributed by atoms with E-state index in [2.05, 4.69) is 28.7 Å². The summed E-state index contributed by atoms with van der Waals surface area (Å²) < 4.78 is 0. The summed E-state index contributed by atoms with van der Waals surface area (Å²) in [5, 5.41) is 6.96. The summed E-state index contributed by atoms with van der Waals surface area (Å²) in [4.78, 5) is 31.6. The Kier molecular flexibility index (Phi) is 5.46. The van der Waals surface area contributed by atoms with E-state index in [0.717, 1.165) is 31.5 Å². The standard InChI is InChI=1S/C19H29N5O2/c1-4-9-23-10-8-19(7-6-17(23)25)14-24(12-11-22(19)3)18(26)15-13-20-21-16(15)5-2/h4,13H,1,5-12,14H2,2-3H3,(H,20,21)/t19-/m1/s1. The molecule has 7 nitrogen and oxygen atoms in total. The third kappa shape index (κ3) is 3.40. The number of nitrogens with one attached hydrogen (secondary N) is 1. The second-order valence-corrected chi connectivity index (χ2v) is 7.37. The van der Waals surface area contributed by atoms with Crippen molar-refractivity contribution in [3.05, 3.63) is 30.1 Å². The monoisotopic (exact) mass is 359 g/mol. The molecule has 26 heavy (non-hydrogen) atoms. The molecule has 2 amide bonds. The first-order valence-electron chi connectivity index (χ1n) is 9.42. The van der Waals surface area contributed by atoms with Crippen LogP contribution >= 0.6 is 0 Å². The molecule has 2 saturated heterocycles. The molecule has 1 aromatic rings. The topological polar surface area (TPSA) is 72.5 Å². The fraction of sp³-hybridized carbons (Fsp3) is 0.632. The number of aromatic nitrogens is 2. The molecule has 0 aromatic carbocycles. The van der Waals surface area contributed by atoms with Crippen molar-refractivity contribution in [2.45, 2.75) is 38.1 Å². The molecule has 0 unspecified atom stereocenters. The molecule has 2 aliphatic rings. The zero-order chi connectivity index (χ0) is 18.7. The van der Waals surface area contributed by atoms with Gasteiger partial charge in [-0.25, -0.2) is 0 Å². The van der Waals surface area contributed by atoms with Crippen molar-refractivity contribution in [2.75, 3.05) is 39.8 Å². The van der Waals surface area contributed by atoms with Gasteiger partial charge >= 0.3 is 0 Å². The van der Waals surface area contributed by atoms with E-state index in [4.69, 9.17) is 0 Å². The molecule has 142 valence electrons. The highest BCUT2D eigenvalue weighted by Gasteiger charge is 2.43. The van der Waals surface area contributed by atoms with Crippen LogP contribution in [0.2, 0.25) is 0 Å². The maximum absolute atomic E-state index is 13.0. The smallest absolute Gasteiger partial charge is 0.257 e. The largest absolute Gasteiger partial charge is 0.339 e. The third-order valence-electron chi connectivity index (χ3n) is 5.94. The Morgan fingerprint density at radius 1 is 1.38 bits per heavy atom. The van der Waals surface area contributed by atoms with Gasteiger partial charge in [0, 0.05) is 50.4 Å². The average Bonchev–Trinajstić information content (AvgIpc) is 3.07. The summed E-state index contributed by atoms with van der Waals surface area (Å²) in [6.07, 6.45) is 6.35. The lowest BCUT2D eigenvalue weighted by Gasteiger charge is -2.49. The third-order valence-corrected chi connectivity index (χ3v) is 5.94. The molecule has 3 heterocycles. The van der Waals surface area contributed by atoms with Crippen LogP contribution < -0.4 is 0 Å². The number of hydrogen-bond donors (Lipinski definition) is 1. The predicted octanol–water partition coefficient (Wildman–Crippen LogP) is 1.30. The van der Waals surface area contributed by atoms with Gasteiger partial charge in [0.1, 0.15) is 0 Å². The number of likely N-dealkylation sites (N-methyl/N-ethyl adjacent to an activating group) is 1. The minimum atomic E-state index is -0.143. The molecular formula is C19H29N5O2. The number of carbonyl (C=O) groups is 2. The number of nitrogens with zero attached hydrogens (tertiary/aromatic N) is 4. The zero-order valence-corrected chi connectivity index (χ0v) is 15.8. The van der Waals surface area contributed by atoms with Crippen LogP contribution in [0.5, 0.6) is 0 Å². The Hall–Kier alpha value is -2.15. The van der Waals surface area contributed by atoms with Crippen LogP contribution in [0.3, 0.4) is 0 Å². The summed E-state index contributed by atoms with van der Waals surface area (Å²) in [5.41, 5.74) is 1.41. The summed E-state index contributed by atoms with van der Waals surface area (Å²) >= 11 is 0. The fourth-order valence-corrected chi connectivity index (χ4v) is 4.15. The van der Waals surface area contributed by atoms with Crippen molar-refractivity contribution in [3.63, 3.8) is 0 Å². The first kappa shape index (κ1) is 18.6. The molecule has 7 heteroatoms. The van der Waals surface area contributed by atoms with E-state index in [0.29, 0.717) is 38.2 Å². The van der Waals surface area contributed by atoms with Crippen LogP contribution in [0.1, 0.15) is 42.2 Å². The molecule has 2 aliphatic heterocycles. The normalized spacial score (nSPS) is 24.8. The van der Waals surface area contributed by atoms with Gasteiger partial charge < -0.3 is 9.80 Å². The van der Waals surface area contributed by atoms with Gasteiger partial charge in [-0.1, -0.05) is 13.0 Å².